The lowest BCUT2D eigenvalue weighted by Crippen LogP contribution is -2.33. The summed E-state index contributed by atoms with van der Waals surface area (Å²) >= 11 is 5.84. The fourth-order valence-corrected chi connectivity index (χ4v) is 3.84. The third-order valence-electron chi connectivity index (χ3n) is 2.94. The molecule has 0 aliphatic rings. The number of hydrogen-bond acceptors (Lipinski definition) is 4. The van der Waals surface area contributed by atoms with Crippen molar-refractivity contribution in [2.75, 3.05) is 13.2 Å². The van der Waals surface area contributed by atoms with Gasteiger partial charge in [-0.25, -0.2) is 12.8 Å². The maximum atomic E-state index is 13.1. The highest BCUT2D eigenvalue weighted by Gasteiger charge is 2.26. The van der Waals surface area contributed by atoms with Crippen LogP contribution in [0.5, 0.6) is 0 Å². The van der Waals surface area contributed by atoms with E-state index >= 15 is 0 Å². The number of benzene rings is 1. The van der Waals surface area contributed by atoms with Crippen LogP contribution in [0.1, 0.15) is 5.56 Å². The van der Waals surface area contributed by atoms with E-state index in [2.05, 4.69) is 4.98 Å². The Morgan fingerprint density at radius 2 is 2.09 bits per heavy atom. The molecule has 1 aromatic carbocycles. The Hall–Kier alpha value is -1.54. The van der Waals surface area contributed by atoms with Gasteiger partial charge in [0, 0.05) is 25.5 Å². The molecule has 1 N–H and O–H groups in total. The van der Waals surface area contributed by atoms with E-state index in [-0.39, 0.29) is 29.6 Å². The van der Waals surface area contributed by atoms with Crippen molar-refractivity contribution in [3.05, 3.63) is 59.1 Å². The molecule has 118 valence electrons. The number of nitrogens with zero attached hydrogens (tertiary/aromatic N) is 2. The van der Waals surface area contributed by atoms with E-state index in [0.29, 0.717) is 5.56 Å². The van der Waals surface area contributed by atoms with Gasteiger partial charge in [0.25, 0.3) is 0 Å². The number of aliphatic hydroxyl groups is 1. The van der Waals surface area contributed by atoms with Crippen LogP contribution in [0, 0.1) is 5.82 Å². The summed E-state index contributed by atoms with van der Waals surface area (Å²) < 4.78 is 39.5. The molecule has 0 saturated carbocycles. The van der Waals surface area contributed by atoms with Gasteiger partial charge in [-0.15, -0.1) is 0 Å². The van der Waals surface area contributed by atoms with E-state index in [4.69, 9.17) is 16.7 Å². The van der Waals surface area contributed by atoms with E-state index in [0.717, 1.165) is 22.5 Å². The number of aliphatic hydroxyl groups excluding tert-OH is 1. The minimum Gasteiger partial charge on any atom is -0.395 e. The van der Waals surface area contributed by atoms with E-state index in [1.165, 1.54) is 6.20 Å². The minimum atomic E-state index is -3.96. The van der Waals surface area contributed by atoms with Crippen molar-refractivity contribution < 1.29 is 17.9 Å². The van der Waals surface area contributed by atoms with E-state index in [1.54, 1.807) is 18.3 Å². The van der Waals surface area contributed by atoms with Crippen molar-refractivity contribution >= 4 is 21.6 Å². The number of sulfonamides is 1. The third-order valence-corrected chi connectivity index (χ3v) is 5.27. The molecular formula is C14H14ClFN2O3S. The summed E-state index contributed by atoms with van der Waals surface area (Å²) in [6, 6.07) is 6.49. The number of halogens is 2. The van der Waals surface area contributed by atoms with Crippen molar-refractivity contribution in [3.63, 3.8) is 0 Å². The molecule has 0 bridgehead atoms. The van der Waals surface area contributed by atoms with Crippen molar-refractivity contribution in [2.24, 2.45) is 0 Å². The first kappa shape index (κ1) is 16.8. The molecule has 0 unspecified atom stereocenters. The van der Waals surface area contributed by atoms with E-state index in [9.17, 15) is 12.8 Å². The Kier molecular flexibility index (Phi) is 5.47. The average molecular weight is 345 g/mol. The van der Waals surface area contributed by atoms with Gasteiger partial charge in [-0.2, -0.15) is 4.31 Å². The smallest absolute Gasteiger partial charge is 0.244 e. The van der Waals surface area contributed by atoms with Crippen LogP contribution in [0.15, 0.2) is 47.6 Å². The lowest BCUT2D eigenvalue weighted by molar-refractivity contribution is 0.251. The molecule has 0 radical (unpaired) electrons. The van der Waals surface area contributed by atoms with Gasteiger partial charge in [0.1, 0.15) is 10.7 Å². The van der Waals surface area contributed by atoms with Crippen LogP contribution < -0.4 is 0 Å². The monoisotopic (exact) mass is 344 g/mol. The second-order valence-corrected chi connectivity index (χ2v) is 6.81. The van der Waals surface area contributed by atoms with Crippen LogP contribution in [-0.4, -0.2) is 36.0 Å². The summed E-state index contributed by atoms with van der Waals surface area (Å²) in [6.07, 6.45) is 3.11. The van der Waals surface area contributed by atoms with Crippen molar-refractivity contribution in [3.8, 4) is 0 Å². The summed E-state index contributed by atoms with van der Waals surface area (Å²) in [7, 11) is -3.96. The average Bonchev–Trinajstić information content (AvgIpc) is 2.47. The van der Waals surface area contributed by atoms with Crippen LogP contribution in [0.25, 0.3) is 0 Å². The molecule has 1 heterocycles. The van der Waals surface area contributed by atoms with Gasteiger partial charge >= 0.3 is 0 Å². The van der Waals surface area contributed by atoms with Crippen LogP contribution in [0.4, 0.5) is 4.39 Å². The van der Waals surface area contributed by atoms with Gasteiger partial charge in [0.2, 0.25) is 10.0 Å². The third kappa shape index (κ3) is 3.80. The molecule has 0 spiro atoms. The van der Waals surface area contributed by atoms with Crippen molar-refractivity contribution in [2.45, 2.75) is 11.4 Å². The fraction of sp³-hybridized carbons (Fsp3) is 0.214. The van der Waals surface area contributed by atoms with Crippen LogP contribution in [0.2, 0.25) is 5.02 Å². The van der Waals surface area contributed by atoms with Crippen molar-refractivity contribution in [1.29, 1.82) is 0 Å². The Morgan fingerprint density at radius 1 is 1.32 bits per heavy atom. The largest absolute Gasteiger partial charge is 0.395 e. The second-order valence-electron chi connectivity index (χ2n) is 4.50. The zero-order chi connectivity index (χ0) is 16.2. The highest BCUT2D eigenvalue weighted by atomic mass is 35.5. The SMILES string of the molecule is O=S(=O)(c1ccc(F)cc1Cl)N(CCO)Cc1cccnc1. The van der Waals surface area contributed by atoms with Crippen LogP contribution in [-0.2, 0) is 16.6 Å². The summed E-state index contributed by atoms with van der Waals surface area (Å²) in [5.41, 5.74) is 0.665. The molecule has 0 atom stereocenters. The van der Waals surface area contributed by atoms with Gasteiger partial charge in [-0.1, -0.05) is 17.7 Å². The standard InChI is InChI=1S/C14H14ClFN2O3S/c15-13-8-12(16)3-4-14(13)22(20,21)18(6-7-19)10-11-2-1-5-17-9-11/h1-5,8-9,19H,6-7,10H2. The molecule has 0 aliphatic heterocycles. The van der Waals surface area contributed by atoms with Crippen LogP contribution >= 0.6 is 11.6 Å². The second kappa shape index (κ2) is 7.15. The molecule has 2 rings (SSSR count). The predicted molar refractivity (Wildman–Crippen MR) is 80.3 cm³/mol. The van der Waals surface area contributed by atoms with Crippen molar-refractivity contribution in [1.82, 2.24) is 9.29 Å². The maximum absolute atomic E-state index is 13.1. The quantitative estimate of drug-likeness (QED) is 0.870. The first-order valence-electron chi connectivity index (χ1n) is 6.40. The van der Waals surface area contributed by atoms with Gasteiger partial charge in [0.15, 0.2) is 0 Å². The highest BCUT2D eigenvalue weighted by Crippen LogP contribution is 2.26. The lowest BCUT2D eigenvalue weighted by atomic mass is 10.3. The topological polar surface area (TPSA) is 70.5 Å². The summed E-state index contributed by atoms with van der Waals surface area (Å²) in [5, 5.41) is 8.92. The Labute approximate surface area is 133 Å². The van der Waals surface area contributed by atoms with E-state index < -0.39 is 15.8 Å². The summed E-state index contributed by atoms with van der Waals surface area (Å²) in [4.78, 5) is 3.72. The minimum absolute atomic E-state index is 0.0322. The number of pyridine rings is 1. The molecule has 0 aliphatic carbocycles. The molecule has 2 aromatic rings. The van der Waals surface area contributed by atoms with Gasteiger partial charge in [-0.3, -0.25) is 4.98 Å². The molecule has 0 fully saturated rings. The van der Waals surface area contributed by atoms with E-state index in [1.807, 2.05) is 0 Å². The Bertz CT molecular complexity index is 741. The van der Waals surface area contributed by atoms with Gasteiger partial charge < -0.3 is 5.11 Å². The highest BCUT2D eigenvalue weighted by molar-refractivity contribution is 7.89. The molecule has 8 heteroatoms. The maximum Gasteiger partial charge on any atom is 0.244 e. The number of rotatable bonds is 6. The molecular weight excluding hydrogens is 331 g/mol. The normalized spacial score (nSPS) is 11.8. The van der Waals surface area contributed by atoms with Crippen LogP contribution in [0.3, 0.4) is 0 Å². The molecule has 5 nitrogen and oxygen atoms in total. The van der Waals surface area contributed by atoms with Gasteiger partial charge in [-0.05, 0) is 29.8 Å². The Balaban J connectivity index is 2.37. The molecule has 0 saturated heterocycles. The zero-order valence-corrected chi connectivity index (χ0v) is 13.1. The fourth-order valence-electron chi connectivity index (χ4n) is 1.91. The summed E-state index contributed by atoms with van der Waals surface area (Å²) in [5.74, 6) is -0.620. The lowest BCUT2D eigenvalue weighted by Gasteiger charge is -2.21. The first-order chi connectivity index (χ1) is 10.4. The number of hydrogen-bond donors (Lipinski definition) is 1. The van der Waals surface area contributed by atoms with Gasteiger partial charge in [0.05, 0.1) is 11.6 Å². The zero-order valence-electron chi connectivity index (χ0n) is 11.5. The first-order valence-corrected chi connectivity index (χ1v) is 8.22. The Morgan fingerprint density at radius 3 is 2.68 bits per heavy atom. The summed E-state index contributed by atoms with van der Waals surface area (Å²) in [6.45, 7) is -0.423. The molecule has 0 amide bonds. The molecule has 22 heavy (non-hydrogen) atoms. The predicted octanol–water partition coefficient (Wildman–Crippen LogP) is 2.06. The molecule has 1 aromatic heterocycles. The number of aromatic nitrogens is 1.